The van der Waals surface area contributed by atoms with Crippen molar-refractivity contribution in [1.29, 1.82) is 0 Å². The summed E-state index contributed by atoms with van der Waals surface area (Å²) < 4.78 is 66.8. The van der Waals surface area contributed by atoms with Crippen molar-refractivity contribution < 1.29 is 26.4 Å². The summed E-state index contributed by atoms with van der Waals surface area (Å²) in [6.45, 7) is 6.78. The fraction of sp³-hybridized carbons (Fsp3) is 0.731. The van der Waals surface area contributed by atoms with Crippen LogP contribution in [0.3, 0.4) is 0 Å². The molecule has 10 heteroatoms. The summed E-state index contributed by atoms with van der Waals surface area (Å²) in [7, 11) is -3.93. The second-order valence-electron chi connectivity index (χ2n) is 12.0. The van der Waals surface area contributed by atoms with Gasteiger partial charge in [-0.2, -0.15) is 17.5 Å². The lowest BCUT2D eigenvalue weighted by atomic mass is 9.87. The number of benzene rings is 1. The van der Waals surface area contributed by atoms with E-state index in [1.807, 2.05) is 4.90 Å². The molecule has 3 fully saturated rings. The minimum Gasteiger partial charge on any atom is -0.335 e. The number of halogens is 3. The van der Waals surface area contributed by atoms with E-state index in [0.717, 1.165) is 62.8 Å². The lowest BCUT2D eigenvalue weighted by Gasteiger charge is -2.40. The fourth-order valence-corrected chi connectivity index (χ4v) is 7.97. The topological polar surface area (TPSA) is 83.7 Å². The van der Waals surface area contributed by atoms with Gasteiger partial charge in [0.2, 0.25) is 15.9 Å². The molecule has 0 aromatic heterocycles. The lowest BCUT2D eigenvalue weighted by molar-refractivity contribution is -0.139. The highest BCUT2D eigenvalue weighted by molar-refractivity contribution is 7.89. The second kappa shape index (κ2) is 9.91. The summed E-state index contributed by atoms with van der Waals surface area (Å²) in [5.41, 5.74) is 5.45. The van der Waals surface area contributed by atoms with Gasteiger partial charge in [0.25, 0.3) is 0 Å². The third-order valence-electron chi connectivity index (χ3n) is 8.08. The van der Waals surface area contributed by atoms with Crippen LogP contribution in [0, 0.1) is 17.3 Å². The number of nitrogens with two attached hydrogens (primary N) is 1. The zero-order chi connectivity index (χ0) is 26.5. The predicted molar refractivity (Wildman–Crippen MR) is 131 cm³/mol. The third-order valence-corrected chi connectivity index (χ3v) is 9.93. The lowest BCUT2D eigenvalue weighted by Crippen LogP contribution is -2.55. The van der Waals surface area contributed by atoms with E-state index >= 15 is 0 Å². The number of hydrogen-bond donors (Lipinski definition) is 1. The van der Waals surface area contributed by atoms with Crippen molar-refractivity contribution in [3.63, 3.8) is 0 Å². The van der Waals surface area contributed by atoms with Gasteiger partial charge in [-0.05, 0) is 73.6 Å². The van der Waals surface area contributed by atoms with E-state index in [9.17, 15) is 26.4 Å². The molecule has 0 radical (unpaired) electrons. The molecule has 1 aromatic carbocycles. The maximum atomic E-state index is 13.7. The van der Waals surface area contributed by atoms with Crippen LogP contribution < -0.4 is 5.73 Å². The number of amides is 1. The van der Waals surface area contributed by atoms with Crippen molar-refractivity contribution in [2.75, 3.05) is 13.1 Å². The number of carbonyl (C=O) groups is 1. The first-order valence-corrected chi connectivity index (χ1v) is 14.4. The SMILES string of the molecule is CC(C)(C)C[C@H](N)C(=O)N(C1CCCC1)[C@H]1CC[C@@H]2CN(S(=O)(=O)c3ccc(C(F)(F)F)cc3)C[C@@H]21. The molecule has 1 aromatic rings. The molecule has 1 saturated heterocycles. The third kappa shape index (κ3) is 5.60. The minimum atomic E-state index is -4.52. The van der Waals surface area contributed by atoms with Crippen LogP contribution in [0.1, 0.15) is 71.3 Å². The maximum Gasteiger partial charge on any atom is 0.416 e. The Morgan fingerprint density at radius 3 is 2.22 bits per heavy atom. The number of alkyl halides is 3. The Labute approximate surface area is 212 Å². The summed E-state index contributed by atoms with van der Waals surface area (Å²) in [4.78, 5) is 15.6. The minimum absolute atomic E-state index is 0.000565. The largest absolute Gasteiger partial charge is 0.416 e. The van der Waals surface area contributed by atoms with Crippen LogP contribution in [0.5, 0.6) is 0 Å². The quantitative estimate of drug-likeness (QED) is 0.582. The van der Waals surface area contributed by atoms with Crippen molar-refractivity contribution in [3.8, 4) is 0 Å². The molecule has 0 spiro atoms. The van der Waals surface area contributed by atoms with Crippen LogP contribution in [0.15, 0.2) is 29.2 Å². The highest BCUT2D eigenvalue weighted by Crippen LogP contribution is 2.44. The highest BCUT2D eigenvalue weighted by Gasteiger charge is 2.51. The van der Waals surface area contributed by atoms with Gasteiger partial charge >= 0.3 is 6.18 Å². The Morgan fingerprint density at radius 2 is 1.67 bits per heavy atom. The number of carbonyl (C=O) groups excluding carboxylic acids is 1. The van der Waals surface area contributed by atoms with E-state index in [2.05, 4.69) is 20.8 Å². The molecule has 1 aliphatic heterocycles. The van der Waals surface area contributed by atoms with E-state index in [-0.39, 0.29) is 46.7 Å². The summed E-state index contributed by atoms with van der Waals surface area (Å²) >= 11 is 0. The molecule has 4 atom stereocenters. The summed E-state index contributed by atoms with van der Waals surface area (Å²) in [5.74, 6) is 0.0851. The van der Waals surface area contributed by atoms with Crippen molar-refractivity contribution in [1.82, 2.24) is 9.21 Å². The van der Waals surface area contributed by atoms with Crippen molar-refractivity contribution in [2.24, 2.45) is 23.0 Å². The van der Waals surface area contributed by atoms with Crippen LogP contribution in [0.2, 0.25) is 0 Å². The molecule has 36 heavy (non-hydrogen) atoms. The molecule has 202 valence electrons. The smallest absolute Gasteiger partial charge is 0.335 e. The molecule has 0 unspecified atom stereocenters. The van der Waals surface area contributed by atoms with Gasteiger partial charge in [-0.15, -0.1) is 0 Å². The molecular weight excluding hydrogens is 491 g/mol. The van der Waals surface area contributed by atoms with Crippen LogP contribution in [0.4, 0.5) is 13.2 Å². The molecule has 6 nitrogen and oxygen atoms in total. The van der Waals surface area contributed by atoms with Gasteiger partial charge in [0.05, 0.1) is 16.5 Å². The van der Waals surface area contributed by atoms with E-state index < -0.39 is 27.8 Å². The number of nitrogens with zero attached hydrogens (tertiary/aromatic N) is 2. The summed E-state index contributed by atoms with van der Waals surface area (Å²) in [6, 6.07) is 3.15. The van der Waals surface area contributed by atoms with Gasteiger partial charge in [-0.3, -0.25) is 4.79 Å². The number of hydrogen-bond acceptors (Lipinski definition) is 4. The Balaban J connectivity index is 1.54. The Hall–Kier alpha value is -1.65. The van der Waals surface area contributed by atoms with Gasteiger partial charge in [-0.25, -0.2) is 8.42 Å². The molecule has 0 bridgehead atoms. The van der Waals surface area contributed by atoms with Crippen LogP contribution in [-0.2, 0) is 21.0 Å². The monoisotopic (exact) mass is 529 g/mol. The highest BCUT2D eigenvalue weighted by atomic mass is 32.2. The van der Waals surface area contributed by atoms with Gasteiger partial charge in [0, 0.05) is 25.2 Å². The molecule has 2 N–H and O–H groups in total. The van der Waals surface area contributed by atoms with Gasteiger partial charge < -0.3 is 10.6 Å². The molecule has 4 rings (SSSR count). The first-order chi connectivity index (χ1) is 16.7. The first kappa shape index (κ1) is 27.4. The van der Waals surface area contributed by atoms with Crippen molar-refractivity contribution in [3.05, 3.63) is 29.8 Å². The molecule has 1 heterocycles. The molecular formula is C26H38F3N3O3S. The van der Waals surface area contributed by atoms with Crippen LogP contribution in [-0.4, -0.2) is 54.7 Å². The molecule has 2 aliphatic carbocycles. The number of rotatable bonds is 6. The van der Waals surface area contributed by atoms with Gasteiger partial charge in [0.15, 0.2) is 0 Å². The maximum absolute atomic E-state index is 13.7. The van der Waals surface area contributed by atoms with E-state index in [0.29, 0.717) is 13.0 Å². The van der Waals surface area contributed by atoms with Crippen LogP contribution >= 0.6 is 0 Å². The van der Waals surface area contributed by atoms with Gasteiger partial charge in [0.1, 0.15) is 0 Å². The normalized spacial score (nSPS) is 26.8. The van der Waals surface area contributed by atoms with Crippen molar-refractivity contribution >= 4 is 15.9 Å². The van der Waals surface area contributed by atoms with E-state index in [4.69, 9.17) is 5.73 Å². The second-order valence-corrected chi connectivity index (χ2v) is 13.9. The van der Waals surface area contributed by atoms with Gasteiger partial charge in [-0.1, -0.05) is 33.6 Å². The summed E-state index contributed by atoms with van der Waals surface area (Å²) in [6.07, 6.45) is 1.71. The summed E-state index contributed by atoms with van der Waals surface area (Å²) in [5, 5.41) is 0. The first-order valence-electron chi connectivity index (χ1n) is 12.9. The molecule has 1 amide bonds. The average Bonchev–Trinajstić information content (AvgIpc) is 3.51. The Bertz CT molecular complexity index is 1050. The zero-order valence-corrected chi connectivity index (χ0v) is 22.1. The Kier molecular flexibility index (Phi) is 7.54. The van der Waals surface area contributed by atoms with Crippen molar-refractivity contribution in [2.45, 2.75) is 94.9 Å². The average molecular weight is 530 g/mol. The van der Waals surface area contributed by atoms with E-state index in [1.54, 1.807) is 0 Å². The van der Waals surface area contributed by atoms with E-state index in [1.165, 1.54) is 4.31 Å². The molecule has 2 saturated carbocycles. The zero-order valence-electron chi connectivity index (χ0n) is 21.3. The molecule has 3 aliphatic rings. The number of fused-ring (bicyclic) bond motifs is 1. The van der Waals surface area contributed by atoms with Crippen LogP contribution in [0.25, 0.3) is 0 Å². The predicted octanol–water partition coefficient (Wildman–Crippen LogP) is 4.64. The standard InChI is InChI=1S/C26H38F3N3O3S/c1-25(2,3)14-22(30)24(33)32(19-6-4-5-7-19)23-13-8-17-15-31(16-21(17)23)36(34,35)20-11-9-18(10-12-20)26(27,28)29/h9-12,17,19,21-23H,4-8,13-16,30H2,1-3H3/t17-,21+,22+,23+/m1/s1. The Morgan fingerprint density at radius 1 is 1.06 bits per heavy atom. The fourth-order valence-electron chi connectivity index (χ4n) is 6.44. The number of sulfonamides is 1.